The molecule has 0 spiro atoms. The summed E-state index contributed by atoms with van der Waals surface area (Å²) in [6.45, 7) is 1.88. The highest BCUT2D eigenvalue weighted by Gasteiger charge is 2.29. The van der Waals surface area contributed by atoms with Crippen LogP contribution in [0.4, 0.5) is 10.1 Å². The van der Waals surface area contributed by atoms with Crippen molar-refractivity contribution < 1.29 is 27.1 Å². The van der Waals surface area contributed by atoms with Gasteiger partial charge in [0.15, 0.2) is 11.5 Å². The Balaban J connectivity index is 1.86. The Bertz CT molecular complexity index is 1320. The highest BCUT2D eigenvalue weighted by Crippen LogP contribution is 2.33. The number of rotatable bonds is 12. The minimum absolute atomic E-state index is 0.0488. The zero-order chi connectivity index (χ0) is 27.0. The van der Waals surface area contributed by atoms with Gasteiger partial charge in [-0.25, -0.2) is 12.8 Å². The smallest absolute Gasteiger partial charge is 0.264 e. The molecule has 0 fully saturated rings. The van der Waals surface area contributed by atoms with Crippen LogP contribution in [0.5, 0.6) is 11.5 Å². The maximum Gasteiger partial charge on any atom is 0.264 e. The lowest BCUT2D eigenvalue weighted by molar-refractivity contribution is -0.119. The molecular formula is C27H30ClFN2O5S. The molecule has 0 aromatic heterocycles. The number of carbonyl (C=O) groups excluding carboxylic acids is 1. The van der Waals surface area contributed by atoms with Gasteiger partial charge in [0.1, 0.15) is 12.4 Å². The first-order valence-electron chi connectivity index (χ1n) is 11.7. The van der Waals surface area contributed by atoms with Crippen molar-refractivity contribution in [2.24, 2.45) is 5.92 Å². The van der Waals surface area contributed by atoms with Crippen molar-refractivity contribution in [3.8, 4) is 11.5 Å². The maximum atomic E-state index is 13.8. The Morgan fingerprint density at radius 1 is 1.03 bits per heavy atom. The third kappa shape index (κ3) is 7.14. The molecule has 0 aliphatic carbocycles. The second-order valence-corrected chi connectivity index (χ2v) is 10.7. The van der Waals surface area contributed by atoms with Crippen LogP contribution in [0.1, 0.15) is 18.9 Å². The number of benzene rings is 3. The van der Waals surface area contributed by atoms with Crippen molar-refractivity contribution in [3.05, 3.63) is 83.1 Å². The van der Waals surface area contributed by atoms with Gasteiger partial charge in [0, 0.05) is 12.6 Å². The van der Waals surface area contributed by atoms with Gasteiger partial charge in [0.2, 0.25) is 5.91 Å². The molecule has 1 N–H and O–H groups in total. The number of hydrogen-bond acceptors (Lipinski definition) is 5. The second-order valence-electron chi connectivity index (χ2n) is 8.39. The molecule has 3 rings (SSSR count). The van der Waals surface area contributed by atoms with Crippen LogP contribution in [0.3, 0.4) is 0 Å². The van der Waals surface area contributed by atoms with E-state index >= 15 is 0 Å². The SMILES string of the molecule is CCC(CNC(=O)CN(c1ccc(F)c(Cl)c1)S(=O)(=O)c1ccc(OC)c(OC)c1)Cc1ccccc1. The van der Waals surface area contributed by atoms with Crippen molar-refractivity contribution in [2.75, 3.05) is 31.6 Å². The average Bonchev–Trinajstić information content (AvgIpc) is 2.91. The van der Waals surface area contributed by atoms with Gasteiger partial charge in [-0.3, -0.25) is 9.10 Å². The zero-order valence-corrected chi connectivity index (χ0v) is 22.5. The Morgan fingerprint density at radius 2 is 1.73 bits per heavy atom. The molecule has 3 aromatic carbocycles. The molecule has 1 unspecified atom stereocenters. The highest BCUT2D eigenvalue weighted by atomic mass is 35.5. The molecule has 0 aliphatic rings. The average molecular weight is 549 g/mol. The van der Waals surface area contributed by atoms with Crippen LogP contribution >= 0.6 is 11.6 Å². The second kappa shape index (κ2) is 12.8. The fraction of sp³-hybridized carbons (Fsp3) is 0.296. The van der Waals surface area contributed by atoms with E-state index in [0.29, 0.717) is 12.3 Å². The van der Waals surface area contributed by atoms with E-state index in [-0.39, 0.29) is 27.3 Å². The van der Waals surface area contributed by atoms with Gasteiger partial charge in [0.25, 0.3) is 10.0 Å². The number of anilines is 1. The van der Waals surface area contributed by atoms with E-state index in [1.807, 2.05) is 37.3 Å². The van der Waals surface area contributed by atoms with Gasteiger partial charge in [-0.1, -0.05) is 55.3 Å². The fourth-order valence-corrected chi connectivity index (χ4v) is 5.42. The number of nitrogens with zero attached hydrogens (tertiary/aromatic N) is 1. The van der Waals surface area contributed by atoms with Crippen LogP contribution in [0.15, 0.2) is 71.6 Å². The van der Waals surface area contributed by atoms with Gasteiger partial charge in [-0.05, 0) is 48.2 Å². The van der Waals surface area contributed by atoms with Gasteiger partial charge in [-0.15, -0.1) is 0 Å². The lowest BCUT2D eigenvalue weighted by Crippen LogP contribution is -2.42. The number of hydrogen-bond donors (Lipinski definition) is 1. The quantitative estimate of drug-likeness (QED) is 0.341. The first kappa shape index (κ1) is 28.3. The number of amides is 1. The van der Waals surface area contributed by atoms with Crippen molar-refractivity contribution in [1.82, 2.24) is 5.32 Å². The molecule has 0 heterocycles. The van der Waals surface area contributed by atoms with Crippen molar-refractivity contribution in [1.29, 1.82) is 0 Å². The maximum absolute atomic E-state index is 13.8. The van der Waals surface area contributed by atoms with Crippen LogP contribution in [0.25, 0.3) is 0 Å². The number of carbonyl (C=O) groups is 1. The summed E-state index contributed by atoms with van der Waals surface area (Å²) in [5.74, 6) is -0.486. The van der Waals surface area contributed by atoms with Crippen molar-refractivity contribution in [2.45, 2.75) is 24.7 Å². The highest BCUT2D eigenvalue weighted by molar-refractivity contribution is 7.92. The summed E-state index contributed by atoms with van der Waals surface area (Å²) in [7, 11) is -1.45. The monoisotopic (exact) mass is 548 g/mol. The minimum atomic E-state index is -4.27. The molecule has 0 saturated carbocycles. The Hall–Kier alpha value is -3.30. The first-order chi connectivity index (χ1) is 17.7. The molecule has 0 aliphatic heterocycles. The van der Waals surface area contributed by atoms with E-state index < -0.39 is 28.3 Å². The largest absolute Gasteiger partial charge is 0.493 e. The molecule has 7 nitrogen and oxygen atoms in total. The Kier molecular flexibility index (Phi) is 9.77. The van der Waals surface area contributed by atoms with E-state index in [4.69, 9.17) is 21.1 Å². The number of sulfonamides is 1. The van der Waals surface area contributed by atoms with Gasteiger partial charge >= 0.3 is 0 Å². The molecule has 0 radical (unpaired) electrons. The topological polar surface area (TPSA) is 84.9 Å². The molecule has 198 valence electrons. The third-order valence-corrected chi connectivity index (χ3v) is 8.01. The van der Waals surface area contributed by atoms with Gasteiger partial charge in [-0.2, -0.15) is 0 Å². The molecule has 1 amide bonds. The number of methoxy groups -OCH3 is 2. The first-order valence-corrected chi connectivity index (χ1v) is 13.5. The van der Waals surface area contributed by atoms with Gasteiger partial charge in [0.05, 0.1) is 29.8 Å². The van der Waals surface area contributed by atoms with E-state index in [0.717, 1.165) is 28.8 Å². The van der Waals surface area contributed by atoms with E-state index in [1.54, 1.807) is 0 Å². The Morgan fingerprint density at radius 3 is 2.35 bits per heavy atom. The fourth-order valence-electron chi connectivity index (χ4n) is 3.81. The Labute approximate surface area is 222 Å². The summed E-state index contributed by atoms with van der Waals surface area (Å²) in [5.41, 5.74) is 1.20. The molecule has 0 saturated heterocycles. The molecule has 3 aromatic rings. The van der Waals surface area contributed by atoms with Crippen LogP contribution in [0.2, 0.25) is 5.02 Å². The summed E-state index contributed by atoms with van der Waals surface area (Å²) in [4.78, 5) is 12.9. The minimum Gasteiger partial charge on any atom is -0.493 e. The molecule has 0 bridgehead atoms. The summed E-state index contributed by atoms with van der Waals surface area (Å²) >= 11 is 5.94. The molecule has 1 atom stereocenters. The zero-order valence-electron chi connectivity index (χ0n) is 20.9. The molecule has 37 heavy (non-hydrogen) atoms. The lowest BCUT2D eigenvalue weighted by atomic mass is 9.97. The van der Waals surface area contributed by atoms with Crippen LogP contribution in [0, 0.1) is 11.7 Å². The standard InChI is InChI=1S/C27H30ClFN2O5S/c1-4-19(14-20-8-6-5-7-9-20)17-30-27(32)18-31(21-10-12-24(29)23(28)15-21)37(33,34)22-11-13-25(35-2)26(16-22)36-3/h5-13,15-16,19H,4,14,17-18H2,1-3H3,(H,30,32). The molecule has 10 heteroatoms. The van der Waals surface area contributed by atoms with E-state index in [9.17, 15) is 17.6 Å². The molecular weight excluding hydrogens is 519 g/mol. The summed E-state index contributed by atoms with van der Waals surface area (Å²) in [6.07, 6.45) is 1.61. The summed E-state index contributed by atoms with van der Waals surface area (Å²) in [5, 5.41) is 2.58. The van der Waals surface area contributed by atoms with E-state index in [2.05, 4.69) is 5.32 Å². The normalized spacial score (nSPS) is 12.0. The lowest BCUT2D eigenvalue weighted by Gasteiger charge is -2.25. The van der Waals surface area contributed by atoms with Gasteiger partial charge < -0.3 is 14.8 Å². The summed E-state index contributed by atoms with van der Waals surface area (Å²) < 4.78 is 52.5. The number of ether oxygens (including phenoxy) is 2. The number of halogens is 2. The third-order valence-electron chi connectivity index (χ3n) is 5.95. The van der Waals surface area contributed by atoms with Crippen LogP contribution in [-0.4, -0.2) is 41.6 Å². The van der Waals surface area contributed by atoms with Crippen LogP contribution in [-0.2, 0) is 21.2 Å². The van der Waals surface area contributed by atoms with Crippen LogP contribution < -0.4 is 19.1 Å². The van der Waals surface area contributed by atoms with Crippen molar-refractivity contribution in [3.63, 3.8) is 0 Å². The predicted octanol–water partition coefficient (Wildman–Crippen LogP) is 5.08. The predicted molar refractivity (Wildman–Crippen MR) is 142 cm³/mol. The number of nitrogens with one attached hydrogen (secondary N) is 1. The summed E-state index contributed by atoms with van der Waals surface area (Å²) in [6, 6.07) is 17.5. The van der Waals surface area contributed by atoms with E-state index in [1.165, 1.54) is 44.6 Å². The van der Waals surface area contributed by atoms with Crippen molar-refractivity contribution >= 4 is 33.2 Å².